The van der Waals surface area contributed by atoms with Gasteiger partial charge in [0, 0.05) is 11.0 Å². The average molecular weight is 255 g/mol. The molecule has 1 saturated carbocycles. The van der Waals surface area contributed by atoms with Crippen LogP contribution in [0.4, 0.5) is 0 Å². The Labute approximate surface area is 111 Å². The summed E-state index contributed by atoms with van der Waals surface area (Å²) in [4.78, 5) is 12.8. The first kappa shape index (κ1) is 15.6. The molecule has 0 aliphatic heterocycles. The zero-order valence-electron chi connectivity index (χ0n) is 12.8. The van der Waals surface area contributed by atoms with Crippen LogP contribution in [-0.4, -0.2) is 28.1 Å². The van der Waals surface area contributed by atoms with Crippen LogP contribution < -0.4 is 5.32 Å². The molecule has 0 unspecified atom stereocenters. The molecule has 1 aliphatic rings. The fourth-order valence-corrected chi connectivity index (χ4v) is 2.94. The Kier molecular flexibility index (Phi) is 4.29. The summed E-state index contributed by atoms with van der Waals surface area (Å²) in [5, 5.41) is 13.2. The summed E-state index contributed by atoms with van der Waals surface area (Å²) in [6.45, 7) is 12.2. The highest BCUT2D eigenvalue weighted by Gasteiger charge is 2.47. The highest BCUT2D eigenvalue weighted by atomic mass is 16.3. The van der Waals surface area contributed by atoms with Crippen molar-refractivity contribution in [2.45, 2.75) is 84.4 Å². The van der Waals surface area contributed by atoms with E-state index in [-0.39, 0.29) is 22.8 Å². The van der Waals surface area contributed by atoms with Gasteiger partial charge in [-0.3, -0.25) is 4.79 Å². The molecule has 18 heavy (non-hydrogen) atoms. The van der Waals surface area contributed by atoms with E-state index in [0.29, 0.717) is 12.8 Å². The number of hydrogen-bond acceptors (Lipinski definition) is 3. The zero-order chi connectivity index (χ0) is 14.2. The van der Waals surface area contributed by atoms with Crippen molar-refractivity contribution < 1.29 is 9.90 Å². The highest BCUT2D eigenvalue weighted by Crippen LogP contribution is 2.36. The quantitative estimate of drug-likeness (QED) is 0.797. The fourth-order valence-electron chi connectivity index (χ4n) is 2.94. The van der Waals surface area contributed by atoms with Crippen LogP contribution in [0.2, 0.25) is 0 Å². The standard InChI is InChI=1S/C15H29NO2/c1-13(2,3)12(18)15(16-14(4,5)6)9-7-11(17)8-10-15/h11,16-17H,7-10H2,1-6H3. The molecule has 1 aliphatic carbocycles. The molecular weight excluding hydrogens is 226 g/mol. The number of carbonyl (C=O) groups is 1. The first-order chi connectivity index (χ1) is 7.96. The summed E-state index contributed by atoms with van der Waals surface area (Å²) in [7, 11) is 0. The molecule has 0 radical (unpaired) electrons. The Balaban J connectivity index is 2.99. The number of carbonyl (C=O) groups excluding carboxylic acids is 1. The summed E-state index contributed by atoms with van der Waals surface area (Å²) in [5.41, 5.74) is -0.903. The topological polar surface area (TPSA) is 49.3 Å². The number of hydrogen-bond donors (Lipinski definition) is 2. The first-order valence-electron chi connectivity index (χ1n) is 6.99. The van der Waals surface area contributed by atoms with E-state index in [1.165, 1.54) is 0 Å². The lowest BCUT2D eigenvalue weighted by Gasteiger charge is -2.45. The summed E-state index contributed by atoms with van der Waals surface area (Å²) < 4.78 is 0. The van der Waals surface area contributed by atoms with Gasteiger partial charge in [0.2, 0.25) is 0 Å². The van der Waals surface area contributed by atoms with Crippen LogP contribution in [-0.2, 0) is 4.79 Å². The van der Waals surface area contributed by atoms with Crippen molar-refractivity contribution in [3.8, 4) is 0 Å². The van der Waals surface area contributed by atoms with Gasteiger partial charge in [-0.25, -0.2) is 0 Å². The average Bonchev–Trinajstić information content (AvgIpc) is 2.17. The third kappa shape index (κ3) is 3.79. The van der Waals surface area contributed by atoms with Crippen molar-refractivity contribution in [1.82, 2.24) is 5.32 Å². The Hall–Kier alpha value is -0.410. The molecule has 0 atom stereocenters. The van der Waals surface area contributed by atoms with Crippen LogP contribution in [0.5, 0.6) is 0 Å². The normalized spacial score (nSPS) is 30.3. The third-order valence-electron chi connectivity index (χ3n) is 3.54. The van der Waals surface area contributed by atoms with Gasteiger partial charge in [-0.2, -0.15) is 0 Å². The summed E-state index contributed by atoms with van der Waals surface area (Å²) in [6, 6.07) is 0. The molecule has 0 spiro atoms. The van der Waals surface area contributed by atoms with Crippen LogP contribution in [0.1, 0.15) is 67.2 Å². The molecule has 0 aromatic rings. The van der Waals surface area contributed by atoms with Gasteiger partial charge >= 0.3 is 0 Å². The molecule has 1 fully saturated rings. The highest BCUT2D eigenvalue weighted by molar-refractivity contribution is 5.93. The van der Waals surface area contributed by atoms with Crippen LogP contribution in [0.25, 0.3) is 0 Å². The van der Waals surface area contributed by atoms with Gasteiger partial charge in [-0.15, -0.1) is 0 Å². The van der Waals surface area contributed by atoms with E-state index < -0.39 is 5.54 Å². The maximum absolute atomic E-state index is 12.8. The number of aliphatic hydroxyl groups is 1. The van der Waals surface area contributed by atoms with Crippen molar-refractivity contribution in [2.75, 3.05) is 0 Å². The van der Waals surface area contributed by atoms with Gasteiger partial charge in [-0.05, 0) is 46.5 Å². The van der Waals surface area contributed by atoms with Crippen molar-refractivity contribution in [2.24, 2.45) is 5.41 Å². The molecular formula is C15H29NO2. The molecule has 0 aromatic carbocycles. The van der Waals surface area contributed by atoms with E-state index >= 15 is 0 Å². The Bertz CT molecular complexity index is 301. The van der Waals surface area contributed by atoms with E-state index in [4.69, 9.17) is 0 Å². The molecule has 106 valence electrons. The number of ketones is 1. The van der Waals surface area contributed by atoms with Crippen molar-refractivity contribution in [1.29, 1.82) is 0 Å². The van der Waals surface area contributed by atoms with Crippen LogP contribution >= 0.6 is 0 Å². The van der Waals surface area contributed by atoms with Crippen molar-refractivity contribution in [3.05, 3.63) is 0 Å². The molecule has 3 nitrogen and oxygen atoms in total. The molecule has 0 amide bonds. The summed E-state index contributed by atoms with van der Waals surface area (Å²) in [5.74, 6) is 0.275. The van der Waals surface area contributed by atoms with E-state index in [2.05, 4.69) is 26.1 Å². The minimum atomic E-state index is -0.463. The van der Waals surface area contributed by atoms with Crippen LogP contribution in [0.3, 0.4) is 0 Å². The SMILES string of the molecule is CC(C)(C)NC1(C(=O)C(C)(C)C)CCC(O)CC1. The molecule has 0 heterocycles. The second kappa shape index (κ2) is 4.93. The van der Waals surface area contributed by atoms with E-state index in [0.717, 1.165) is 12.8 Å². The zero-order valence-corrected chi connectivity index (χ0v) is 12.8. The van der Waals surface area contributed by atoms with Gasteiger partial charge < -0.3 is 10.4 Å². The lowest BCUT2D eigenvalue weighted by atomic mass is 9.69. The van der Waals surface area contributed by atoms with E-state index in [1.54, 1.807) is 0 Å². The number of nitrogens with one attached hydrogen (secondary N) is 1. The maximum atomic E-state index is 12.8. The Morgan fingerprint density at radius 3 is 1.89 bits per heavy atom. The van der Waals surface area contributed by atoms with Crippen LogP contribution in [0.15, 0.2) is 0 Å². The molecule has 1 rings (SSSR count). The third-order valence-corrected chi connectivity index (χ3v) is 3.54. The summed E-state index contributed by atoms with van der Waals surface area (Å²) in [6.07, 6.45) is 2.66. The Morgan fingerprint density at radius 2 is 1.56 bits per heavy atom. The second-order valence-corrected chi connectivity index (χ2v) is 7.77. The second-order valence-electron chi connectivity index (χ2n) is 7.77. The fraction of sp³-hybridized carbons (Fsp3) is 0.933. The smallest absolute Gasteiger partial charge is 0.158 e. The van der Waals surface area contributed by atoms with Gasteiger partial charge in [-0.1, -0.05) is 20.8 Å². The monoisotopic (exact) mass is 255 g/mol. The minimum Gasteiger partial charge on any atom is -0.393 e. The summed E-state index contributed by atoms with van der Waals surface area (Å²) >= 11 is 0. The predicted molar refractivity (Wildman–Crippen MR) is 74.6 cm³/mol. The maximum Gasteiger partial charge on any atom is 0.158 e. The van der Waals surface area contributed by atoms with Crippen LogP contribution in [0, 0.1) is 5.41 Å². The number of Topliss-reactive ketones (excluding diaryl/α,β-unsaturated/α-hetero) is 1. The van der Waals surface area contributed by atoms with Gasteiger partial charge in [0.05, 0.1) is 11.6 Å². The van der Waals surface area contributed by atoms with Crippen molar-refractivity contribution in [3.63, 3.8) is 0 Å². The molecule has 0 saturated heterocycles. The van der Waals surface area contributed by atoms with Gasteiger partial charge in [0.15, 0.2) is 5.78 Å². The van der Waals surface area contributed by atoms with Crippen molar-refractivity contribution >= 4 is 5.78 Å². The number of rotatable bonds is 2. The lowest BCUT2D eigenvalue weighted by molar-refractivity contribution is -0.136. The van der Waals surface area contributed by atoms with E-state index in [1.807, 2.05) is 20.8 Å². The molecule has 0 bridgehead atoms. The van der Waals surface area contributed by atoms with Gasteiger partial charge in [0.1, 0.15) is 0 Å². The van der Waals surface area contributed by atoms with E-state index in [9.17, 15) is 9.90 Å². The molecule has 0 aromatic heterocycles. The first-order valence-corrected chi connectivity index (χ1v) is 6.99. The van der Waals surface area contributed by atoms with Gasteiger partial charge in [0.25, 0.3) is 0 Å². The number of aliphatic hydroxyl groups excluding tert-OH is 1. The predicted octanol–water partition coefficient (Wildman–Crippen LogP) is 2.66. The Morgan fingerprint density at radius 1 is 1.11 bits per heavy atom. The largest absolute Gasteiger partial charge is 0.393 e. The lowest BCUT2D eigenvalue weighted by Crippen LogP contribution is -2.63. The minimum absolute atomic E-state index is 0.0940. The molecule has 3 heteroatoms. The molecule has 2 N–H and O–H groups in total.